The van der Waals surface area contributed by atoms with Gasteiger partial charge in [0, 0.05) is 18.3 Å². The van der Waals surface area contributed by atoms with Crippen molar-refractivity contribution in [1.29, 1.82) is 0 Å². The lowest BCUT2D eigenvalue weighted by Crippen LogP contribution is -2.18. The third kappa shape index (κ3) is 4.61. The van der Waals surface area contributed by atoms with Crippen LogP contribution in [0.15, 0.2) is 75.9 Å². The van der Waals surface area contributed by atoms with Gasteiger partial charge in [-0.15, -0.1) is 11.3 Å². The van der Waals surface area contributed by atoms with Gasteiger partial charge in [-0.05, 0) is 53.4 Å². The number of carbonyl (C=O) groups excluding carboxylic acids is 1. The van der Waals surface area contributed by atoms with Crippen molar-refractivity contribution in [2.24, 2.45) is 0 Å². The van der Waals surface area contributed by atoms with E-state index >= 15 is 0 Å². The van der Waals surface area contributed by atoms with Gasteiger partial charge in [-0.25, -0.2) is 12.8 Å². The Balaban J connectivity index is 1.52. The van der Waals surface area contributed by atoms with E-state index in [0.717, 1.165) is 11.3 Å². The molecule has 9 heteroatoms. The van der Waals surface area contributed by atoms with Crippen LogP contribution in [0.1, 0.15) is 5.56 Å². The first-order valence-electron chi connectivity index (χ1n) is 9.13. The number of aromatic nitrogens is 1. The van der Waals surface area contributed by atoms with E-state index in [4.69, 9.17) is 11.6 Å². The molecule has 0 aliphatic heterocycles. The van der Waals surface area contributed by atoms with Crippen molar-refractivity contribution < 1.29 is 17.6 Å². The summed E-state index contributed by atoms with van der Waals surface area (Å²) in [5.74, 6) is -1.55. The van der Waals surface area contributed by atoms with Gasteiger partial charge in [0.25, 0.3) is 5.56 Å². The van der Waals surface area contributed by atoms with Crippen molar-refractivity contribution in [1.82, 2.24) is 4.57 Å². The lowest BCUT2D eigenvalue weighted by atomic mass is 10.1. The van der Waals surface area contributed by atoms with E-state index in [1.807, 2.05) is 0 Å². The first-order valence-corrected chi connectivity index (χ1v) is 12.0. The molecule has 0 saturated heterocycles. The van der Waals surface area contributed by atoms with Crippen molar-refractivity contribution in [3.05, 3.63) is 92.9 Å². The summed E-state index contributed by atoms with van der Waals surface area (Å²) in [5, 5.41) is 0.902. The summed E-state index contributed by atoms with van der Waals surface area (Å²) in [6.45, 7) is 0. The predicted octanol–water partition coefficient (Wildman–Crippen LogP) is 4.43. The number of ketones is 1. The Labute approximate surface area is 186 Å². The molecule has 0 aliphatic carbocycles. The highest BCUT2D eigenvalue weighted by Crippen LogP contribution is 2.26. The standard InChI is InChI=1S/C22H15ClFNO4S2/c23-20-7-8-21(30-20)31(28,29)13-18(26)11-14-1-5-17(6-2-14)25-10-9-15-3-4-16(24)12-19(15)22(25)27/h1-10,12H,11,13H2. The zero-order valence-corrected chi connectivity index (χ0v) is 18.3. The van der Waals surface area contributed by atoms with Crippen LogP contribution in [0.4, 0.5) is 4.39 Å². The molecule has 0 bridgehead atoms. The second kappa shape index (κ2) is 8.37. The van der Waals surface area contributed by atoms with Crippen molar-refractivity contribution in [3.8, 4) is 5.69 Å². The lowest BCUT2D eigenvalue weighted by molar-refractivity contribution is -0.116. The van der Waals surface area contributed by atoms with Crippen molar-refractivity contribution in [2.45, 2.75) is 10.6 Å². The van der Waals surface area contributed by atoms with E-state index in [0.29, 0.717) is 21.0 Å². The van der Waals surface area contributed by atoms with Gasteiger partial charge >= 0.3 is 0 Å². The SMILES string of the molecule is O=C(Cc1ccc(-n2ccc3ccc(F)cc3c2=O)cc1)CS(=O)(=O)c1ccc(Cl)s1. The molecule has 2 aromatic heterocycles. The Morgan fingerprint density at radius 3 is 2.45 bits per heavy atom. The fourth-order valence-corrected chi connectivity index (χ4v) is 6.03. The number of halogens is 2. The molecule has 2 heterocycles. The number of hydrogen-bond acceptors (Lipinski definition) is 5. The lowest BCUT2D eigenvalue weighted by Gasteiger charge is -2.09. The fourth-order valence-electron chi connectivity index (χ4n) is 3.22. The largest absolute Gasteiger partial charge is 0.298 e. The van der Waals surface area contributed by atoms with Crippen LogP contribution >= 0.6 is 22.9 Å². The number of pyridine rings is 1. The summed E-state index contributed by atoms with van der Waals surface area (Å²) < 4.78 is 40.0. The van der Waals surface area contributed by atoms with Crippen LogP contribution in [-0.4, -0.2) is 24.5 Å². The number of benzene rings is 2. The maximum Gasteiger partial charge on any atom is 0.263 e. The third-order valence-corrected chi connectivity index (χ3v) is 8.18. The van der Waals surface area contributed by atoms with Gasteiger partial charge < -0.3 is 0 Å². The average molecular weight is 476 g/mol. The number of rotatable bonds is 6. The van der Waals surface area contributed by atoms with E-state index in [-0.39, 0.29) is 21.6 Å². The minimum absolute atomic E-state index is 0.0591. The van der Waals surface area contributed by atoms with Gasteiger partial charge in [-0.3, -0.25) is 14.2 Å². The molecule has 2 aromatic carbocycles. The van der Waals surface area contributed by atoms with Gasteiger partial charge in [0.2, 0.25) is 0 Å². The summed E-state index contributed by atoms with van der Waals surface area (Å²) in [6, 6.07) is 15.2. The molecule has 4 rings (SSSR count). The van der Waals surface area contributed by atoms with Gasteiger partial charge in [0.05, 0.1) is 9.72 Å². The summed E-state index contributed by atoms with van der Waals surface area (Å²) in [6.07, 6.45) is 1.54. The van der Waals surface area contributed by atoms with Crippen LogP contribution < -0.4 is 5.56 Å². The molecule has 0 aliphatic rings. The zero-order chi connectivity index (χ0) is 22.2. The number of nitrogens with zero attached hydrogens (tertiary/aromatic N) is 1. The highest BCUT2D eigenvalue weighted by Gasteiger charge is 2.21. The first-order chi connectivity index (χ1) is 14.7. The Morgan fingerprint density at radius 1 is 1.03 bits per heavy atom. The molecule has 158 valence electrons. The topological polar surface area (TPSA) is 73.2 Å². The van der Waals surface area contributed by atoms with E-state index in [1.165, 1.54) is 28.8 Å². The zero-order valence-electron chi connectivity index (χ0n) is 15.9. The molecule has 4 aromatic rings. The minimum Gasteiger partial charge on any atom is -0.298 e. The molecule has 5 nitrogen and oxygen atoms in total. The van der Waals surface area contributed by atoms with Gasteiger partial charge in [0.15, 0.2) is 15.6 Å². The summed E-state index contributed by atoms with van der Waals surface area (Å²) in [7, 11) is -3.73. The fraction of sp³-hybridized carbons (Fsp3) is 0.0909. The molecule has 0 fully saturated rings. The minimum atomic E-state index is -3.73. The number of sulfone groups is 1. The van der Waals surface area contributed by atoms with Gasteiger partial charge in [-0.1, -0.05) is 29.8 Å². The number of Topliss-reactive ketones (excluding diaryl/α,β-unsaturated/α-hetero) is 1. The van der Waals surface area contributed by atoms with Gasteiger partial charge in [0.1, 0.15) is 15.8 Å². The van der Waals surface area contributed by atoms with E-state index in [1.54, 1.807) is 42.6 Å². The molecule has 0 saturated carbocycles. The quantitative estimate of drug-likeness (QED) is 0.413. The molecular formula is C22H15ClFNO4S2. The van der Waals surface area contributed by atoms with E-state index < -0.39 is 27.2 Å². The highest BCUT2D eigenvalue weighted by atomic mass is 35.5. The Kier molecular flexibility index (Phi) is 5.79. The number of carbonyl (C=O) groups is 1. The average Bonchev–Trinajstić information content (AvgIpc) is 3.16. The normalized spacial score (nSPS) is 11.7. The van der Waals surface area contributed by atoms with Crippen LogP contribution in [0.3, 0.4) is 0 Å². The molecule has 0 atom stereocenters. The summed E-state index contributed by atoms with van der Waals surface area (Å²) in [5.41, 5.74) is 0.808. The van der Waals surface area contributed by atoms with Crippen LogP contribution in [0.25, 0.3) is 16.5 Å². The molecule has 0 N–H and O–H groups in total. The van der Waals surface area contributed by atoms with Gasteiger partial charge in [-0.2, -0.15) is 0 Å². The maximum atomic E-state index is 13.5. The Hall–Kier alpha value is -2.81. The van der Waals surface area contributed by atoms with Crippen molar-refractivity contribution in [2.75, 3.05) is 5.75 Å². The highest BCUT2D eigenvalue weighted by molar-refractivity contribution is 7.94. The monoisotopic (exact) mass is 475 g/mol. The smallest absolute Gasteiger partial charge is 0.263 e. The molecular weight excluding hydrogens is 461 g/mol. The van der Waals surface area contributed by atoms with Crippen LogP contribution in [0, 0.1) is 5.82 Å². The molecule has 0 radical (unpaired) electrons. The molecule has 0 amide bonds. The van der Waals surface area contributed by atoms with Crippen LogP contribution in [0.2, 0.25) is 4.34 Å². The second-order valence-corrected chi connectivity index (χ2v) is 10.9. The summed E-state index contributed by atoms with van der Waals surface area (Å²) in [4.78, 5) is 25.0. The number of fused-ring (bicyclic) bond motifs is 1. The molecule has 0 unspecified atom stereocenters. The summed E-state index contributed by atoms with van der Waals surface area (Å²) >= 11 is 6.69. The Morgan fingerprint density at radius 2 is 1.77 bits per heavy atom. The van der Waals surface area contributed by atoms with E-state index in [2.05, 4.69) is 0 Å². The maximum absolute atomic E-state index is 13.5. The molecule has 31 heavy (non-hydrogen) atoms. The first kappa shape index (κ1) is 21.4. The Bertz CT molecular complexity index is 1460. The van der Waals surface area contributed by atoms with Crippen molar-refractivity contribution in [3.63, 3.8) is 0 Å². The molecule has 0 spiro atoms. The second-order valence-electron chi connectivity index (χ2n) is 6.92. The van der Waals surface area contributed by atoms with Crippen molar-refractivity contribution >= 4 is 49.3 Å². The number of thiophene rings is 1. The number of hydrogen-bond donors (Lipinski definition) is 0. The predicted molar refractivity (Wildman–Crippen MR) is 120 cm³/mol. The third-order valence-electron chi connectivity index (χ3n) is 4.69. The van der Waals surface area contributed by atoms with Crippen LogP contribution in [0.5, 0.6) is 0 Å². The van der Waals surface area contributed by atoms with E-state index in [9.17, 15) is 22.4 Å². The van der Waals surface area contributed by atoms with Crippen LogP contribution in [-0.2, 0) is 21.1 Å².